The van der Waals surface area contributed by atoms with Gasteiger partial charge in [0, 0.05) is 5.69 Å². The molecule has 2 rings (SSSR count). The van der Waals surface area contributed by atoms with Gasteiger partial charge in [-0.1, -0.05) is 11.6 Å². The SMILES string of the molecule is Cc1[nH]c(C(=O)OCC(=O)c2ccc(Cl)s2)c(C)c1C(=O)OC(C)C. The third kappa shape index (κ3) is 4.49. The van der Waals surface area contributed by atoms with Crippen LogP contribution in [0.1, 0.15) is 55.6 Å². The Morgan fingerprint density at radius 1 is 1.20 bits per heavy atom. The first-order valence-corrected chi connectivity index (χ1v) is 8.76. The van der Waals surface area contributed by atoms with Gasteiger partial charge in [-0.05, 0) is 45.4 Å². The number of aromatic nitrogens is 1. The van der Waals surface area contributed by atoms with Crippen molar-refractivity contribution in [1.29, 1.82) is 0 Å². The van der Waals surface area contributed by atoms with Crippen molar-refractivity contribution < 1.29 is 23.9 Å². The molecule has 0 aliphatic heterocycles. The number of hydrogen-bond donors (Lipinski definition) is 1. The molecule has 1 N–H and O–H groups in total. The van der Waals surface area contributed by atoms with Gasteiger partial charge in [-0.3, -0.25) is 4.79 Å². The van der Waals surface area contributed by atoms with Crippen LogP contribution in [-0.2, 0) is 9.47 Å². The molecule has 0 bridgehead atoms. The predicted molar refractivity (Wildman–Crippen MR) is 94.8 cm³/mol. The number of ether oxygens (including phenoxy) is 2. The lowest BCUT2D eigenvalue weighted by Crippen LogP contribution is -2.15. The van der Waals surface area contributed by atoms with Gasteiger partial charge in [-0.15, -0.1) is 11.3 Å². The molecule has 0 radical (unpaired) electrons. The summed E-state index contributed by atoms with van der Waals surface area (Å²) in [4.78, 5) is 39.6. The Morgan fingerprint density at radius 3 is 2.44 bits per heavy atom. The summed E-state index contributed by atoms with van der Waals surface area (Å²) in [7, 11) is 0. The molecule has 0 aromatic carbocycles. The van der Waals surface area contributed by atoms with E-state index in [0.717, 1.165) is 11.3 Å². The highest BCUT2D eigenvalue weighted by molar-refractivity contribution is 7.18. The van der Waals surface area contributed by atoms with Crippen molar-refractivity contribution in [2.75, 3.05) is 6.61 Å². The summed E-state index contributed by atoms with van der Waals surface area (Å²) in [6.07, 6.45) is -0.271. The Labute approximate surface area is 154 Å². The maximum absolute atomic E-state index is 12.2. The van der Waals surface area contributed by atoms with Crippen LogP contribution in [0.25, 0.3) is 0 Å². The molecule has 0 unspecified atom stereocenters. The third-order valence-corrected chi connectivity index (χ3v) is 4.64. The summed E-state index contributed by atoms with van der Waals surface area (Å²) in [6, 6.07) is 3.18. The van der Waals surface area contributed by atoms with Crippen LogP contribution in [0.4, 0.5) is 0 Å². The largest absolute Gasteiger partial charge is 0.459 e. The second kappa shape index (κ2) is 7.84. The van der Waals surface area contributed by atoms with Gasteiger partial charge in [0.05, 0.1) is 20.9 Å². The molecule has 0 aliphatic carbocycles. The van der Waals surface area contributed by atoms with Crippen molar-refractivity contribution in [2.45, 2.75) is 33.8 Å². The summed E-state index contributed by atoms with van der Waals surface area (Å²) in [5.74, 6) is -1.56. The molecular weight excluding hydrogens is 366 g/mol. The molecule has 8 heteroatoms. The van der Waals surface area contributed by atoms with Crippen LogP contribution in [-0.4, -0.2) is 35.4 Å². The Balaban J connectivity index is 2.09. The average molecular weight is 384 g/mol. The number of halogens is 1. The van der Waals surface area contributed by atoms with E-state index < -0.39 is 18.5 Å². The van der Waals surface area contributed by atoms with E-state index in [-0.39, 0.29) is 17.6 Å². The summed E-state index contributed by atoms with van der Waals surface area (Å²) in [5, 5.41) is 0. The number of ketones is 1. The number of thiophene rings is 1. The molecule has 0 fully saturated rings. The van der Waals surface area contributed by atoms with E-state index >= 15 is 0 Å². The highest BCUT2D eigenvalue weighted by Gasteiger charge is 2.25. The van der Waals surface area contributed by atoms with Crippen LogP contribution in [0.15, 0.2) is 12.1 Å². The molecule has 0 amide bonds. The minimum absolute atomic E-state index is 0.130. The Hall–Kier alpha value is -2.12. The van der Waals surface area contributed by atoms with Crippen LogP contribution < -0.4 is 0 Å². The number of nitrogens with one attached hydrogen (secondary N) is 1. The molecule has 25 heavy (non-hydrogen) atoms. The lowest BCUT2D eigenvalue weighted by atomic mass is 10.1. The normalized spacial score (nSPS) is 10.8. The zero-order valence-electron chi connectivity index (χ0n) is 14.3. The molecule has 0 spiro atoms. The maximum atomic E-state index is 12.2. The Kier molecular flexibility index (Phi) is 6.02. The quantitative estimate of drug-likeness (QED) is 0.603. The van der Waals surface area contributed by atoms with Crippen LogP contribution in [0.3, 0.4) is 0 Å². The fourth-order valence-corrected chi connectivity index (χ4v) is 3.24. The molecular formula is C17H18ClNO5S. The summed E-state index contributed by atoms with van der Waals surface area (Å²) >= 11 is 6.90. The van der Waals surface area contributed by atoms with Gasteiger partial charge in [-0.25, -0.2) is 9.59 Å². The first-order chi connectivity index (χ1) is 11.7. The van der Waals surface area contributed by atoms with Crippen LogP contribution in [0.2, 0.25) is 4.34 Å². The first-order valence-electron chi connectivity index (χ1n) is 7.56. The summed E-state index contributed by atoms with van der Waals surface area (Å²) in [5.41, 5.74) is 1.37. The number of aryl methyl sites for hydroxylation is 1. The van der Waals surface area contributed by atoms with Crippen LogP contribution in [0.5, 0.6) is 0 Å². The topological polar surface area (TPSA) is 85.5 Å². The number of rotatable bonds is 6. The van der Waals surface area contributed by atoms with E-state index in [1.165, 1.54) is 0 Å². The standard InChI is InChI=1S/C17H18ClNO5S/c1-8(2)24-16(21)14-9(3)15(19-10(14)4)17(22)23-7-11(20)12-5-6-13(18)25-12/h5-6,8,19H,7H2,1-4H3. The second-order valence-electron chi connectivity index (χ2n) is 5.68. The van der Waals surface area contributed by atoms with Crippen molar-refractivity contribution in [3.8, 4) is 0 Å². The van der Waals surface area contributed by atoms with Crippen molar-refractivity contribution in [3.05, 3.63) is 43.9 Å². The molecule has 0 saturated carbocycles. The summed E-state index contributed by atoms with van der Waals surface area (Å²) in [6.45, 7) is 6.37. The molecule has 134 valence electrons. The molecule has 0 saturated heterocycles. The van der Waals surface area contributed by atoms with E-state index in [1.54, 1.807) is 39.8 Å². The Bertz CT molecular complexity index is 821. The van der Waals surface area contributed by atoms with Gasteiger partial charge in [0.1, 0.15) is 5.69 Å². The monoisotopic (exact) mass is 383 g/mol. The number of Topliss-reactive ketones (excluding diaryl/α,β-unsaturated/α-hetero) is 1. The van der Waals surface area contributed by atoms with Crippen molar-refractivity contribution >= 4 is 40.7 Å². The molecule has 0 aliphatic rings. The predicted octanol–water partition coefficient (Wildman–Crippen LogP) is 3.95. The average Bonchev–Trinajstić information content (AvgIpc) is 3.07. The lowest BCUT2D eigenvalue weighted by molar-refractivity contribution is 0.0376. The molecule has 6 nitrogen and oxygen atoms in total. The zero-order valence-corrected chi connectivity index (χ0v) is 15.8. The van der Waals surface area contributed by atoms with Gasteiger partial charge in [0.2, 0.25) is 5.78 Å². The van der Waals surface area contributed by atoms with Crippen molar-refractivity contribution in [3.63, 3.8) is 0 Å². The molecule has 2 aromatic heterocycles. The second-order valence-corrected chi connectivity index (χ2v) is 7.40. The van der Waals surface area contributed by atoms with Crippen LogP contribution >= 0.6 is 22.9 Å². The number of hydrogen-bond acceptors (Lipinski definition) is 6. The lowest BCUT2D eigenvalue weighted by Gasteiger charge is -2.08. The van der Waals surface area contributed by atoms with Gasteiger partial charge in [0.15, 0.2) is 6.61 Å². The van der Waals surface area contributed by atoms with E-state index in [9.17, 15) is 14.4 Å². The highest BCUT2D eigenvalue weighted by atomic mass is 35.5. The highest BCUT2D eigenvalue weighted by Crippen LogP contribution is 2.23. The fourth-order valence-electron chi connectivity index (χ4n) is 2.27. The van der Waals surface area contributed by atoms with E-state index in [4.69, 9.17) is 21.1 Å². The molecule has 0 atom stereocenters. The van der Waals surface area contributed by atoms with Gasteiger partial charge < -0.3 is 14.5 Å². The number of carbonyl (C=O) groups is 3. The van der Waals surface area contributed by atoms with Crippen molar-refractivity contribution in [1.82, 2.24) is 4.98 Å². The minimum atomic E-state index is -0.708. The van der Waals surface area contributed by atoms with Gasteiger partial charge in [0.25, 0.3) is 0 Å². The Morgan fingerprint density at radius 2 is 1.88 bits per heavy atom. The van der Waals surface area contributed by atoms with Crippen molar-refractivity contribution in [2.24, 2.45) is 0 Å². The maximum Gasteiger partial charge on any atom is 0.355 e. The van der Waals surface area contributed by atoms with E-state index in [1.807, 2.05) is 0 Å². The number of esters is 2. The minimum Gasteiger partial charge on any atom is -0.459 e. The third-order valence-electron chi connectivity index (χ3n) is 3.37. The number of H-pyrrole nitrogens is 1. The number of aromatic amines is 1. The van der Waals surface area contributed by atoms with Crippen LogP contribution in [0, 0.1) is 13.8 Å². The van der Waals surface area contributed by atoms with Gasteiger partial charge >= 0.3 is 11.9 Å². The van der Waals surface area contributed by atoms with Gasteiger partial charge in [-0.2, -0.15) is 0 Å². The van der Waals surface area contributed by atoms with E-state index in [0.29, 0.717) is 26.0 Å². The smallest absolute Gasteiger partial charge is 0.355 e. The van der Waals surface area contributed by atoms with E-state index in [2.05, 4.69) is 4.98 Å². The first kappa shape index (κ1) is 19.2. The number of carbonyl (C=O) groups excluding carboxylic acids is 3. The molecule has 2 heterocycles. The zero-order chi connectivity index (χ0) is 18.7. The summed E-state index contributed by atoms with van der Waals surface area (Å²) < 4.78 is 10.7. The fraction of sp³-hybridized carbons (Fsp3) is 0.353. The molecule has 2 aromatic rings.